The molecule has 0 aliphatic heterocycles. The molecule has 24 heavy (non-hydrogen) atoms. The number of alkyl halides is 3. The molecule has 8 heteroatoms. The van der Waals surface area contributed by atoms with Gasteiger partial charge in [0, 0.05) is 16.9 Å². The number of anilines is 2. The molecule has 0 spiro atoms. The lowest BCUT2D eigenvalue weighted by molar-refractivity contribution is -0.274. The Bertz CT molecular complexity index is 728. The van der Waals surface area contributed by atoms with Gasteiger partial charge in [0.15, 0.2) is 10.9 Å². The van der Waals surface area contributed by atoms with E-state index < -0.39 is 6.36 Å². The zero-order valence-electron chi connectivity index (χ0n) is 12.5. The second-order valence-electron chi connectivity index (χ2n) is 4.78. The summed E-state index contributed by atoms with van der Waals surface area (Å²) in [6, 6.07) is 11.9. The SMILES string of the molecule is CC(=O)c1ccc(NC(=S)Nc2ccc(OC(F)(F)F)cc2)cc1. The Labute approximate surface area is 141 Å². The normalized spacial score (nSPS) is 10.8. The van der Waals surface area contributed by atoms with E-state index in [-0.39, 0.29) is 16.6 Å². The Morgan fingerprint density at radius 3 is 1.83 bits per heavy atom. The average molecular weight is 354 g/mol. The van der Waals surface area contributed by atoms with E-state index >= 15 is 0 Å². The maximum Gasteiger partial charge on any atom is 0.573 e. The van der Waals surface area contributed by atoms with Gasteiger partial charge in [0.05, 0.1) is 0 Å². The third-order valence-electron chi connectivity index (χ3n) is 2.90. The maximum atomic E-state index is 12.1. The van der Waals surface area contributed by atoms with Crippen LogP contribution in [-0.2, 0) is 0 Å². The molecule has 126 valence electrons. The molecule has 4 nitrogen and oxygen atoms in total. The van der Waals surface area contributed by atoms with E-state index in [0.717, 1.165) is 0 Å². The molecule has 0 aromatic heterocycles. The van der Waals surface area contributed by atoms with Gasteiger partial charge < -0.3 is 15.4 Å². The summed E-state index contributed by atoms with van der Waals surface area (Å²) in [4.78, 5) is 11.2. The Hall–Kier alpha value is -2.61. The Morgan fingerprint density at radius 1 is 0.958 bits per heavy atom. The van der Waals surface area contributed by atoms with E-state index in [1.165, 1.54) is 31.2 Å². The smallest absolute Gasteiger partial charge is 0.406 e. The van der Waals surface area contributed by atoms with Crippen molar-refractivity contribution in [3.8, 4) is 5.75 Å². The van der Waals surface area contributed by atoms with Crippen molar-refractivity contribution in [3.63, 3.8) is 0 Å². The number of ether oxygens (including phenoxy) is 1. The van der Waals surface area contributed by atoms with Crippen LogP contribution in [0.15, 0.2) is 48.5 Å². The highest BCUT2D eigenvalue weighted by molar-refractivity contribution is 7.80. The van der Waals surface area contributed by atoms with E-state index in [2.05, 4.69) is 15.4 Å². The number of carbonyl (C=O) groups excluding carboxylic acids is 1. The Kier molecular flexibility index (Phi) is 5.40. The van der Waals surface area contributed by atoms with E-state index in [9.17, 15) is 18.0 Å². The predicted octanol–water partition coefficient (Wildman–Crippen LogP) is 4.60. The molecule has 2 aromatic rings. The van der Waals surface area contributed by atoms with Crippen molar-refractivity contribution in [1.82, 2.24) is 0 Å². The standard InChI is InChI=1S/C16H13F3N2O2S/c1-10(22)11-2-4-12(5-3-11)20-15(24)21-13-6-8-14(9-7-13)23-16(17,18)19/h2-9H,1H3,(H2,20,21,24). The Morgan fingerprint density at radius 2 is 1.42 bits per heavy atom. The highest BCUT2D eigenvalue weighted by atomic mass is 32.1. The van der Waals surface area contributed by atoms with Gasteiger partial charge >= 0.3 is 6.36 Å². The lowest BCUT2D eigenvalue weighted by Gasteiger charge is -2.12. The van der Waals surface area contributed by atoms with Crippen molar-refractivity contribution in [2.24, 2.45) is 0 Å². The first-order chi connectivity index (χ1) is 11.2. The minimum atomic E-state index is -4.72. The summed E-state index contributed by atoms with van der Waals surface area (Å²) >= 11 is 5.12. The van der Waals surface area contributed by atoms with Crippen LogP contribution in [0.3, 0.4) is 0 Å². The van der Waals surface area contributed by atoms with Gasteiger partial charge in [-0.1, -0.05) is 0 Å². The minimum Gasteiger partial charge on any atom is -0.406 e. The second-order valence-corrected chi connectivity index (χ2v) is 5.19. The average Bonchev–Trinajstić information content (AvgIpc) is 2.48. The van der Waals surface area contributed by atoms with Gasteiger partial charge in [-0.2, -0.15) is 0 Å². The Balaban J connectivity index is 1.93. The summed E-state index contributed by atoms with van der Waals surface area (Å²) in [7, 11) is 0. The molecule has 0 saturated carbocycles. The van der Waals surface area contributed by atoms with Crippen molar-refractivity contribution in [3.05, 3.63) is 54.1 Å². The molecule has 0 aliphatic carbocycles. The minimum absolute atomic E-state index is 0.0385. The van der Waals surface area contributed by atoms with Crippen LogP contribution >= 0.6 is 12.2 Å². The first-order valence-corrected chi connectivity index (χ1v) is 7.18. The highest BCUT2D eigenvalue weighted by Crippen LogP contribution is 2.24. The second kappa shape index (κ2) is 7.31. The fourth-order valence-corrected chi connectivity index (χ4v) is 2.06. The number of carbonyl (C=O) groups is 1. The molecule has 0 bridgehead atoms. The van der Waals surface area contributed by atoms with Gasteiger partial charge in [-0.25, -0.2) is 0 Å². The van der Waals surface area contributed by atoms with E-state index in [1.807, 2.05) is 0 Å². The molecule has 0 radical (unpaired) electrons. The summed E-state index contributed by atoms with van der Waals surface area (Å²) in [5.41, 5.74) is 1.76. The van der Waals surface area contributed by atoms with Gasteiger partial charge in [0.25, 0.3) is 0 Å². The van der Waals surface area contributed by atoms with Crippen LogP contribution in [0, 0.1) is 0 Å². The monoisotopic (exact) mass is 354 g/mol. The van der Waals surface area contributed by atoms with Crippen molar-refractivity contribution in [1.29, 1.82) is 0 Å². The van der Waals surface area contributed by atoms with Gasteiger partial charge in [0.2, 0.25) is 0 Å². The number of rotatable bonds is 4. The van der Waals surface area contributed by atoms with Crippen LogP contribution in [0.1, 0.15) is 17.3 Å². The lowest BCUT2D eigenvalue weighted by Crippen LogP contribution is -2.19. The van der Waals surface area contributed by atoms with Crippen LogP contribution in [0.2, 0.25) is 0 Å². The van der Waals surface area contributed by atoms with Crippen LogP contribution in [0.5, 0.6) is 5.75 Å². The molecule has 0 saturated heterocycles. The molecular weight excluding hydrogens is 341 g/mol. The molecule has 2 aromatic carbocycles. The van der Waals surface area contributed by atoms with Crippen LogP contribution in [0.25, 0.3) is 0 Å². The number of nitrogens with one attached hydrogen (secondary N) is 2. The molecular formula is C16H13F3N2O2S. The van der Waals surface area contributed by atoms with Crippen molar-refractivity contribution in [2.75, 3.05) is 10.6 Å². The number of Topliss-reactive ketones (excluding diaryl/α,β-unsaturated/α-hetero) is 1. The predicted molar refractivity (Wildman–Crippen MR) is 89.4 cm³/mol. The van der Waals surface area contributed by atoms with Gasteiger partial charge in [-0.05, 0) is 67.7 Å². The number of hydrogen-bond acceptors (Lipinski definition) is 3. The number of hydrogen-bond donors (Lipinski definition) is 2. The molecule has 0 atom stereocenters. The topological polar surface area (TPSA) is 50.4 Å². The summed E-state index contributed by atoms with van der Waals surface area (Å²) < 4.78 is 40.0. The molecule has 0 heterocycles. The lowest BCUT2D eigenvalue weighted by atomic mass is 10.1. The number of benzene rings is 2. The zero-order chi connectivity index (χ0) is 17.7. The fourth-order valence-electron chi connectivity index (χ4n) is 1.82. The maximum absolute atomic E-state index is 12.1. The molecule has 2 N–H and O–H groups in total. The van der Waals surface area contributed by atoms with Crippen molar-refractivity contribution in [2.45, 2.75) is 13.3 Å². The largest absolute Gasteiger partial charge is 0.573 e. The van der Waals surface area contributed by atoms with E-state index in [4.69, 9.17) is 12.2 Å². The van der Waals surface area contributed by atoms with E-state index in [0.29, 0.717) is 16.9 Å². The molecule has 0 fully saturated rings. The third kappa shape index (κ3) is 5.54. The summed E-state index contributed by atoms with van der Waals surface area (Å²) in [6.45, 7) is 1.47. The van der Waals surface area contributed by atoms with Gasteiger partial charge in [-0.3, -0.25) is 4.79 Å². The molecule has 0 amide bonds. The highest BCUT2D eigenvalue weighted by Gasteiger charge is 2.30. The fraction of sp³-hybridized carbons (Fsp3) is 0.125. The summed E-state index contributed by atoms with van der Waals surface area (Å²) in [5, 5.41) is 6.00. The quantitative estimate of drug-likeness (QED) is 0.621. The first kappa shape index (κ1) is 17.7. The molecule has 0 aliphatic rings. The first-order valence-electron chi connectivity index (χ1n) is 6.78. The molecule has 2 rings (SSSR count). The summed E-state index contributed by atoms with van der Waals surface area (Å²) in [5.74, 6) is -0.352. The molecule has 0 unspecified atom stereocenters. The van der Waals surface area contributed by atoms with Crippen LogP contribution in [0.4, 0.5) is 24.5 Å². The van der Waals surface area contributed by atoms with Crippen LogP contribution < -0.4 is 15.4 Å². The van der Waals surface area contributed by atoms with Crippen molar-refractivity contribution >= 4 is 34.5 Å². The third-order valence-corrected chi connectivity index (χ3v) is 3.10. The van der Waals surface area contributed by atoms with Crippen LogP contribution in [-0.4, -0.2) is 17.3 Å². The van der Waals surface area contributed by atoms with Gasteiger partial charge in [-0.15, -0.1) is 13.2 Å². The zero-order valence-corrected chi connectivity index (χ0v) is 13.3. The van der Waals surface area contributed by atoms with Crippen molar-refractivity contribution < 1.29 is 22.7 Å². The van der Waals surface area contributed by atoms with Gasteiger partial charge in [0.1, 0.15) is 5.75 Å². The number of thiocarbonyl (C=S) groups is 1. The summed E-state index contributed by atoms with van der Waals surface area (Å²) in [6.07, 6.45) is -4.72. The number of ketones is 1. The number of halogens is 3. The van der Waals surface area contributed by atoms with E-state index in [1.54, 1.807) is 24.3 Å².